The third-order valence-electron chi connectivity index (χ3n) is 4.64. The van der Waals surface area contributed by atoms with Gasteiger partial charge in [-0.3, -0.25) is 4.79 Å². The lowest BCUT2D eigenvalue weighted by Gasteiger charge is -2.18. The van der Waals surface area contributed by atoms with Gasteiger partial charge in [-0.2, -0.15) is 0 Å². The van der Waals surface area contributed by atoms with E-state index in [4.69, 9.17) is 0 Å². The highest BCUT2D eigenvalue weighted by Crippen LogP contribution is 2.22. The van der Waals surface area contributed by atoms with Crippen molar-refractivity contribution < 1.29 is 13.2 Å². The van der Waals surface area contributed by atoms with Crippen LogP contribution in [0, 0.1) is 6.92 Å². The van der Waals surface area contributed by atoms with Crippen LogP contribution in [0.5, 0.6) is 0 Å². The van der Waals surface area contributed by atoms with Crippen molar-refractivity contribution in [1.29, 1.82) is 0 Å². The Labute approximate surface area is 160 Å². The average Bonchev–Trinajstić information content (AvgIpc) is 3.18. The molecule has 0 aliphatic carbocycles. The predicted octanol–water partition coefficient (Wildman–Crippen LogP) is 2.49. The van der Waals surface area contributed by atoms with Crippen molar-refractivity contribution >= 4 is 27.4 Å². The van der Waals surface area contributed by atoms with Gasteiger partial charge in [0.05, 0.1) is 16.3 Å². The number of benzene rings is 1. The van der Waals surface area contributed by atoms with Gasteiger partial charge < -0.3 is 10.2 Å². The normalized spacial score (nSPS) is 14.6. The molecule has 2 aromatic rings. The molecule has 8 heteroatoms. The molecule has 1 N–H and O–H groups in total. The van der Waals surface area contributed by atoms with Crippen molar-refractivity contribution in [3.05, 3.63) is 47.7 Å². The second-order valence-electron chi connectivity index (χ2n) is 6.76. The summed E-state index contributed by atoms with van der Waals surface area (Å²) in [4.78, 5) is 19.5. The van der Waals surface area contributed by atoms with E-state index >= 15 is 0 Å². The van der Waals surface area contributed by atoms with Crippen LogP contribution in [0.2, 0.25) is 0 Å². The topological polar surface area (TPSA) is 82.6 Å². The van der Waals surface area contributed by atoms with Crippen LogP contribution < -0.4 is 10.2 Å². The number of sulfonamides is 1. The molecule has 144 valence electrons. The molecule has 0 atom stereocenters. The first kappa shape index (κ1) is 19.3. The van der Waals surface area contributed by atoms with Crippen molar-refractivity contribution in [3.8, 4) is 0 Å². The summed E-state index contributed by atoms with van der Waals surface area (Å²) in [5, 5.41) is 2.85. The van der Waals surface area contributed by atoms with Gasteiger partial charge in [0.2, 0.25) is 10.0 Å². The predicted molar refractivity (Wildman–Crippen MR) is 106 cm³/mol. The number of nitrogens with zero attached hydrogens (tertiary/aromatic N) is 3. The van der Waals surface area contributed by atoms with Crippen LogP contribution in [0.1, 0.15) is 28.9 Å². The Bertz CT molecular complexity index is 934. The van der Waals surface area contributed by atoms with E-state index in [1.54, 1.807) is 0 Å². The minimum absolute atomic E-state index is 0.150. The molecule has 27 heavy (non-hydrogen) atoms. The second kappa shape index (κ2) is 7.66. The Hall–Kier alpha value is -2.45. The van der Waals surface area contributed by atoms with Gasteiger partial charge in [0, 0.05) is 32.7 Å². The van der Waals surface area contributed by atoms with E-state index in [1.165, 1.54) is 51.2 Å². The fraction of sp³-hybridized carbons (Fsp3) is 0.368. The van der Waals surface area contributed by atoms with E-state index < -0.39 is 10.0 Å². The molecule has 1 aliphatic rings. The van der Waals surface area contributed by atoms with Gasteiger partial charge in [0.1, 0.15) is 5.82 Å². The van der Waals surface area contributed by atoms with Crippen molar-refractivity contribution in [3.63, 3.8) is 0 Å². The molecular weight excluding hydrogens is 364 g/mol. The second-order valence-corrected chi connectivity index (χ2v) is 8.91. The summed E-state index contributed by atoms with van der Waals surface area (Å²) < 4.78 is 25.3. The monoisotopic (exact) mass is 388 g/mol. The van der Waals surface area contributed by atoms with E-state index in [9.17, 15) is 13.2 Å². The maximum Gasteiger partial charge on any atom is 0.255 e. The number of amides is 1. The zero-order valence-corrected chi connectivity index (χ0v) is 16.6. The Morgan fingerprint density at radius 2 is 1.70 bits per heavy atom. The molecule has 1 aromatic carbocycles. The van der Waals surface area contributed by atoms with Crippen molar-refractivity contribution in [2.75, 3.05) is 37.4 Å². The van der Waals surface area contributed by atoms with E-state index in [2.05, 4.69) is 15.2 Å². The highest BCUT2D eigenvalue weighted by molar-refractivity contribution is 7.89. The van der Waals surface area contributed by atoms with Crippen LogP contribution in [0.3, 0.4) is 0 Å². The molecule has 0 bridgehead atoms. The molecule has 3 rings (SSSR count). The van der Waals surface area contributed by atoms with Gasteiger partial charge in [-0.1, -0.05) is 0 Å². The smallest absolute Gasteiger partial charge is 0.255 e. The third-order valence-corrected chi connectivity index (χ3v) is 6.47. The molecule has 1 aliphatic heterocycles. The molecule has 0 saturated carbocycles. The molecule has 2 heterocycles. The minimum Gasteiger partial charge on any atom is -0.357 e. The highest BCUT2D eigenvalue weighted by atomic mass is 32.2. The fourth-order valence-corrected chi connectivity index (χ4v) is 3.89. The summed E-state index contributed by atoms with van der Waals surface area (Å²) in [6.07, 6.45) is 2.36. The highest BCUT2D eigenvalue weighted by Gasteiger charge is 2.18. The van der Waals surface area contributed by atoms with Crippen molar-refractivity contribution in [2.24, 2.45) is 0 Å². The molecule has 1 amide bonds. The van der Waals surface area contributed by atoms with Crippen molar-refractivity contribution in [1.82, 2.24) is 9.29 Å². The van der Waals surface area contributed by atoms with Crippen LogP contribution in [0.4, 0.5) is 11.5 Å². The Morgan fingerprint density at radius 1 is 1.07 bits per heavy atom. The zero-order chi connectivity index (χ0) is 19.6. The molecule has 0 radical (unpaired) electrons. The van der Waals surface area contributed by atoms with E-state index in [0.29, 0.717) is 11.3 Å². The molecule has 1 aromatic heterocycles. The molecule has 0 spiro atoms. The van der Waals surface area contributed by atoms with Crippen molar-refractivity contribution in [2.45, 2.75) is 24.7 Å². The number of anilines is 2. The summed E-state index contributed by atoms with van der Waals surface area (Å²) >= 11 is 0. The number of hydrogen-bond acceptors (Lipinski definition) is 5. The zero-order valence-electron chi connectivity index (χ0n) is 15.8. The maximum absolute atomic E-state index is 12.5. The van der Waals surface area contributed by atoms with E-state index in [0.717, 1.165) is 28.9 Å². The van der Waals surface area contributed by atoms with Crippen LogP contribution in [0.25, 0.3) is 0 Å². The Balaban J connectivity index is 1.73. The number of rotatable bonds is 5. The first-order valence-corrected chi connectivity index (χ1v) is 10.3. The van der Waals surface area contributed by atoms with Gasteiger partial charge >= 0.3 is 0 Å². The molecular formula is C19H24N4O3S. The van der Waals surface area contributed by atoms with Gasteiger partial charge in [-0.25, -0.2) is 17.7 Å². The van der Waals surface area contributed by atoms with Gasteiger partial charge in [0.25, 0.3) is 5.91 Å². The quantitative estimate of drug-likeness (QED) is 0.851. The van der Waals surface area contributed by atoms with Crippen LogP contribution in [-0.2, 0) is 10.0 Å². The molecule has 1 fully saturated rings. The number of pyridine rings is 1. The summed E-state index contributed by atoms with van der Waals surface area (Å²) in [6, 6.07) is 9.66. The summed E-state index contributed by atoms with van der Waals surface area (Å²) in [7, 11) is -0.571. The number of nitrogens with one attached hydrogen (secondary N) is 1. The Kier molecular flexibility index (Phi) is 5.48. The number of carbonyl (C=O) groups is 1. The maximum atomic E-state index is 12.5. The number of aryl methyl sites for hydroxylation is 1. The minimum atomic E-state index is -3.51. The molecule has 7 nitrogen and oxygen atoms in total. The van der Waals surface area contributed by atoms with Gasteiger partial charge in [-0.05, 0) is 56.2 Å². The molecule has 0 unspecified atom stereocenters. The first-order chi connectivity index (χ1) is 12.8. The van der Waals surface area contributed by atoms with Gasteiger partial charge in [0.15, 0.2) is 0 Å². The number of hydrogen-bond donors (Lipinski definition) is 1. The van der Waals surface area contributed by atoms with E-state index in [-0.39, 0.29) is 10.8 Å². The standard InChI is InChI=1S/C19H24N4O3S/c1-14-17(10-11-18(20-14)23-12-4-5-13-23)21-19(24)15-6-8-16(9-7-15)27(25,26)22(2)3/h6-11H,4-5,12-13H2,1-3H3,(H,21,24). The summed E-state index contributed by atoms with van der Waals surface area (Å²) in [6.45, 7) is 3.89. The lowest BCUT2D eigenvalue weighted by Crippen LogP contribution is -2.22. The number of carbonyl (C=O) groups excluding carboxylic acids is 1. The van der Waals surface area contributed by atoms with Gasteiger partial charge in [-0.15, -0.1) is 0 Å². The molecule has 1 saturated heterocycles. The largest absolute Gasteiger partial charge is 0.357 e. The number of aromatic nitrogens is 1. The summed E-state index contributed by atoms with van der Waals surface area (Å²) in [5.41, 5.74) is 1.78. The van der Waals surface area contributed by atoms with Crippen LogP contribution in [-0.4, -0.2) is 50.8 Å². The third kappa shape index (κ3) is 4.12. The summed E-state index contributed by atoms with van der Waals surface area (Å²) in [5.74, 6) is 0.629. The fourth-order valence-electron chi connectivity index (χ4n) is 2.99. The average molecular weight is 388 g/mol. The lowest BCUT2D eigenvalue weighted by atomic mass is 10.2. The van der Waals surface area contributed by atoms with E-state index in [1.807, 2.05) is 19.1 Å². The lowest BCUT2D eigenvalue weighted by molar-refractivity contribution is 0.102. The SMILES string of the molecule is Cc1nc(N2CCCC2)ccc1NC(=O)c1ccc(S(=O)(=O)N(C)C)cc1. The van der Waals surface area contributed by atoms with Crippen LogP contribution in [0.15, 0.2) is 41.3 Å². The van der Waals surface area contributed by atoms with Crippen LogP contribution >= 0.6 is 0 Å². The first-order valence-electron chi connectivity index (χ1n) is 8.85. The Morgan fingerprint density at radius 3 is 2.26 bits per heavy atom.